The third kappa shape index (κ3) is 3.25. The van der Waals surface area contributed by atoms with Crippen molar-refractivity contribution in [2.24, 2.45) is 5.73 Å². The summed E-state index contributed by atoms with van der Waals surface area (Å²) in [5, 5.41) is 43.8. The van der Waals surface area contributed by atoms with Gasteiger partial charge in [0.25, 0.3) is 0 Å². The predicted molar refractivity (Wildman–Crippen MR) is 40.7 cm³/mol. The molecule has 78 valence electrons. The number of carbonyl (C=O) groups is 1. The first-order chi connectivity index (χ1) is 5.91. The molecule has 4 atom stereocenters. The summed E-state index contributed by atoms with van der Waals surface area (Å²) < 4.78 is 0. The highest BCUT2D eigenvalue weighted by atomic mass is 16.4. The van der Waals surface area contributed by atoms with E-state index in [9.17, 15) is 4.79 Å². The molecule has 0 bridgehead atoms. The fourth-order valence-electron chi connectivity index (χ4n) is 0.700. The third-order valence-corrected chi connectivity index (χ3v) is 1.56. The highest BCUT2D eigenvalue weighted by Gasteiger charge is 2.33. The smallest absolute Gasteiger partial charge is 0.335 e. The van der Waals surface area contributed by atoms with Crippen LogP contribution in [0.15, 0.2) is 0 Å². The van der Waals surface area contributed by atoms with Gasteiger partial charge in [-0.25, -0.2) is 4.79 Å². The van der Waals surface area contributed by atoms with Gasteiger partial charge >= 0.3 is 5.97 Å². The molecule has 0 heterocycles. The Morgan fingerprint density at radius 3 is 1.92 bits per heavy atom. The average molecular weight is 195 g/mol. The van der Waals surface area contributed by atoms with E-state index in [2.05, 4.69) is 0 Å². The predicted octanol–water partition coefficient (Wildman–Crippen LogP) is -3.53. The van der Waals surface area contributed by atoms with Crippen LogP contribution in [0.3, 0.4) is 0 Å². The molecule has 0 aliphatic heterocycles. The lowest BCUT2D eigenvalue weighted by Gasteiger charge is -2.23. The monoisotopic (exact) mass is 195 g/mol. The number of hydrogen-bond donors (Lipinski definition) is 6. The molecule has 0 aliphatic rings. The zero-order chi connectivity index (χ0) is 10.6. The summed E-state index contributed by atoms with van der Waals surface area (Å²) in [6.07, 6.45) is -7.35. The van der Waals surface area contributed by atoms with E-state index in [0.29, 0.717) is 0 Å². The number of carboxylic acid groups (broad SMARTS) is 1. The van der Waals surface area contributed by atoms with E-state index in [0.717, 1.165) is 0 Å². The number of aliphatic hydroxyl groups excluding tert-OH is 4. The van der Waals surface area contributed by atoms with Gasteiger partial charge in [-0.3, -0.25) is 0 Å². The summed E-state index contributed by atoms with van der Waals surface area (Å²) in [7, 11) is 0. The van der Waals surface area contributed by atoms with Crippen LogP contribution in [0.5, 0.6) is 0 Å². The van der Waals surface area contributed by atoms with Crippen molar-refractivity contribution in [2.45, 2.75) is 24.4 Å². The molecule has 0 saturated heterocycles. The van der Waals surface area contributed by atoms with Gasteiger partial charge in [0.15, 0.2) is 6.10 Å². The standard InChI is InChI=1S/C6H13NO6/c7-1-2(8)3(9)4(10)5(11)6(12)13/h2-5,8-11H,1,7H2,(H,12,13)/t2-,3+,4+,5-/m1/s1. The van der Waals surface area contributed by atoms with Crippen molar-refractivity contribution in [1.29, 1.82) is 0 Å². The van der Waals surface area contributed by atoms with Crippen molar-refractivity contribution in [3.05, 3.63) is 0 Å². The van der Waals surface area contributed by atoms with Gasteiger partial charge in [0.1, 0.15) is 12.2 Å². The van der Waals surface area contributed by atoms with Crippen LogP contribution in [-0.4, -0.2) is 62.5 Å². The third-order valence-electron chi connectivity index (χ3n) is 1.56. The lowest BCUT2D eigenvalue weighted by Crippen LogP contribution is -2.49. The Morgan fingerprint density at radius 1 is 1.15 bits per heavy atom. The largest absolute Gasteiger partial charge is 0.479 e. The second-order valence-electron chi connectivity index (χ2n) is 2.57. The summed E-state index contributed by atoms with van der Waals surface area (Å²) in [5.41, 5.74) is 4.94. The highest BCUT2D eigenvalue weighted by molar-refractivity contribution is 5.72. The normalized spacial score (nSPS) is 20.4. The summed E-state index contributed by atoms with van der Waals surface area (Å²) in [4.78, 5) is 10.1. The molecule has 0 aromatic carbocycles. The van der Waals surface area contributed by atoms with E-state index in [1.807, 2.05) is 0 Å². The minimum atomic E-state index is -2.14. The van der Waals surface area contributed by atoms with Crippen LogP contribution in [0, 0.1) is 0 Å². The van der Waals surface area contributed by atoms with Crippen LogP contribution in [0.25, 0.3) is 0 Å². The molecule has 7 N–H and O–H groups in total. The minimum Gasteiger partial charge on any atom is -0.479 e. The second kappa shape index (κ2) is 5.10. The molecule has 0 amide bonds. The van der Waals surface area contributed by atoms with Crippen LogP contribution < -0.4 is 5.73 Å². The van der Waals surface area contributed by atoms with Gasteiger partial charge in [0.2, 0.25) is 0 Å². The first kappa shape index (κ1) is 12.3. The number of carboxylic acids is 1. The van der Waals surface area contributed by atoms with Crippen molar-refractivity contribution >= 4 is 5.97 Å². The van der Waals surface area contributed by atoms with E-state index >= 15 is 0 Å². The average Bonchev–Trinajstić information content (AvgIpc) is 2.12. The molecule has 0 aromatic heterocycles. The molecule has 0 aliphatic carbocycles. The van der Waals surface area contributed by atoms with Gasteiger partial charge in [0.05, 0.1) is 6.10 Å². The highest BCUT2D eigenvalue weighted by Crippen LogP contribution is 2.04. The van der Waals surface area contributed by atoms with E-state index < -0.39 is 30.4 Å². The lowest BCUT2D eigenvalue weighted by molar-refractivity contribution is -0.162. The van der Waals surface area contributed by atoms with E-state index in [1.165, 1.54) is 0 Å². The zero-order valence-electron chi connectivity index (χ0n) is 6.74. The van der Waals surface area contributed by atoms with Crippen LogP contribution in [0.4, 0.5) is 0 Å². The van der Waals surface area contributed by atoms with Crippen molar-refractivity contribution in [3.8, 4) is 0 Å². The number of rotatable bonds is 5. The molecule has 7 heteroatoms. The molecule has 0 aromatic rings. The Hall–Kier alpha value is -0.730. The van der Waals surface area contributed by atoms with Crippen molar-refractivity contribution in [3.63, 3.8) is 0 Å². The molecule has 0 spiro atoms. The van der Waals surface area contributed by atoms with Crippen LogP contribution in [-0.2, 0) is 4.79 Å². The van der Waals surface area contributed by atoms with Crippen molar-refractivity contribution in [1.82, 2.24) is 0 Å². The van der Waals surface area contributed by atoms with Gasteiger partial charge in [0, 0.05) is 6.54 Å². The maximum atomic E-state index is 10.1. The first-order valence-corrected chi connectivity index (χ1v) is 3.57. The second-order valence-corrected chi connectivity index (χ2v) is 2.57. The Kier molecular flexibility index (Phi) is 4.81. The fraction of sp³-hybridized carbons (Fsp3) is 0.833. The maximum Gasteiger partial charge on any atom is 0.335 e. The van der Waals surface area contributed by atoms with Crippen LogP contribution in [0.1, 0.15) is 0 Å². The van der Waals surface area contributed by atoms with Crippen molar-refractivity contribution < 1.29 is 30.3 Å². The van der Waals surface area contributed by atoms with E-state index in [4.69, 9.17) is 31.3 Å². The molecule has 7 nitrogen and oxygen atoms in total. The quantitative estimate of drug-likeness (QED) is 0.266. The Bertz CT molecular complexity index is 175. The summed E-state index contributed by atoms with van der Waals surface area (Å²) in [5.74, 6) is -1.68. The summed E-state index contributed by atoms with van der Waals surface area (Å²) >= 11 is 0. The molecule has 0 unspecified atom stereocenters. The number of hydrogen-bond acceptors (Lipinski definition) is 6. The van der Waals surface area contributed by atoms with Crippen LogP contribution >= 0.6 is 0 Å². The summed E-state index contributed by atoms with van der Waals surface area (Å²) in [6, 6.07) is 0. The molecule has 0 rings (SSSR count). The SMILES string of the molecule is NC[C@@H](O)[C@H](O)[C@H](O)[C@@H](O)C(=O)O. The molecule has 0 saturated carbocycles. The molecule has 0 radical (unpaired) electrons. The summed E-state index contributed by atoms with van der Waals surface area (Å²) in [6.45, 7) is -0.343. The maximum absolute atomic E-state index is 10.1. The lowest BCUT2D eigenvalue weighted by atomic mass is 10.0. The molecule has 0 fully saturated rings. The zero-order valence-corrected chi connectivity index (χ0v) is 6.74. The minimum absolute atomic E-state index is 0.343. The Morgan fingerprint density at radius 2 is 1.62 bits per heavy atom. The van der Waals surface area contributed by atoms with Gasteiger partial charge in [-0.15, -0.1) is 0 Å². The Balaban J connectivity index is 4.24. The fourth-order valence-corrected chi connectivity index (χ4v) is 0.700. The first-order valence-electron chi connectivity index (χ1n) is 3.57. The van der Waals surface area contributed by atoms with Crippen LogP contribution in [0.2, 0.25) is 0 Å². The number of aliphatic carboxylic acids is 1. The molecular weight excluding hydrogens is 182 g/mol. The van der Waals surface area contributed by atoms with Crippen molar-refractivity contribution in [2.75, 3.05) is 6.54 Å². The number of aliphatic hydroxyl groups is 4. The van der Waals surface area contributed by atoms with Gasteiger partial charge < -0.3 is 31.3 Å². The van der Waals surface area contributed by atoms with E-state index in [1.54, 1.807) is 0 Å². The van der Waals surface area contributed by atoms with Gasteiger partial charge in [-0.05, 0) is 0 Å². The Labute approximate surface area is 74.0 Å². The van der Waals surface area contributed by atoms with Gasteiger partial charge in [-0.1, -0.05) is 0 Å². The molecular formula is C6H13NO6. The molecule has 13 heavy (non-hydrogen) atoms. The number of nitrogens with two attached hydrogens (primary N) is 1. The van der Waals surface area contributed by atoms with Gasteiger partial charge in [-0.2, -0.15) is 0 Å². The topological polar surface area (TPSA) is 144 Å². The van der Waals surface area contributed by atoms with E-state index in [-0.39, 0.29) is 6.54 Å².